The van der Waals surface area contributed by atoms with E-state index < -0.39 is 23.4 Å². The van der Waals surface area contributed by atoms with Gasteiger partial charge in [-0.2, -0.15) is 0 Å². The smallest absolute Gasteiger partial charge is 0.340 e. The minimum Gasteiger partial charge on any atom is -0.459 e. The third-order valence-electron chi connectivity index (χ3n) is 2.90. The molecule has 2 rings (SSSR count). The summed E-state index contributed by atoms with van der Waals surface area (Å²) in [6.45, 7) is 6.29. The number of carbonyl (C=O) groups is 3. The van der Waals surface area contributed by atoms with Gasteiger partial charge in [0.05, 0.1) is 11.1 Å². The zero-order valence-electron chi connectivity index (χ0n) is 11.8. The quantitative estimate of drug-likeness (QED) is 0.469. The third-order valence-corrected chi connectivity index (χ3v) is 2.90. The first-order chi connectivity index (χ1) is 9.88. The summed E-state index contributed by atoms with van der Waals surface area (Å²) in [5.74, 6) is -1.89. The van der Waals surface area contributed by atoms with Crippen LogP contribution in [0.4, 0.5) is 0 Å². The summed E-state index contributed by atoms with van der Waals surface area (Å²) in [5, 5.41) is 0.597. The van der Waals surface area contributed by atoms with Gasteiger partial charge in [-0.05, 0) is 26.0 Å². The van der Waals surface area contributed by atoms with Crippen LogP contribution in [0.2, 0.25) is 0 Å². The predicted molar refractivity (Wildman–Crippen MR) is 73.3 cm³/mol. The van der Waals surface area contributed by atoms with Crippen LogP contribution in [-0.4, -0.2) is 35.1 Å². The van der Waals surface area contributed by atoms with Crippen LogP contribution in [0.25, 0.3) is 0 Å². The molecule has 2 amide bonds. The number of hydroxylamine groups is 2. The second-order valence-electron chi connectivity index (χ2n) is 4.94. The number of fused-ring (bicyclic) bond motifs is 1. The van der Waals surface area contributed by atoms with E-state index >= 15 is 0 Å². The van der Waals surface area contributed by atoms with Crippen molar-refractivity contribution in [2.24, 2.45) is 0 Å². The van der Waals surface area contributed by atoms with E-state index in [0.717, 1.165) is 0 Å². The Labute approximate surface area is 121 Å². The lowest BCUT2D eigenvalue weighted by atomic mass is 10.1. The molecule has 1 aliphatic heterocycles. The lowest BCUT2D eigenvalue weighted by molar-refractivity contribution is -0.202. The van der Waals surface area contributed by atoms with Gasteiger partial charge in [-0.15, -0.1) is 5.06 Å². The first-order valence-corrected chi connectivity index (χ1v) is 6.33. The monoisotopic (exact) mass is 289 g/mol. The Morgan fingerprint density at radius 3 is 2.24 bits per heavy atom. The number of amides is 2. The average molecular weight is 289 g/mol. The van der Waals surface area contributed by atoms with Crippen LogP contribution in [0.5, 0.6) is 0 Å². The predicted octanol–water partition coefficient (Wildman–Crippen LogP) is 1.72. The Bertz CT molecular complexity index is 585. The maximum absolute atomic E-state index is 12.1. The zero-order chi connectivity index (χ0) is 15.6. The van der Waals surface area contributed by atoms with Gasteiger partial charge in [-0.25, -0.2) is 9.63 Å². The Kier molecular flexibility index (Phi) is 3.90. The van der Waals surface area contributed by atoms with Crippen molar-refractivity contribution in [2.75, 3.05) is 6.61 Å². The lowest BCUT2D eigenvalue weighted by Gasteiger charge is -2.26. The molecule has 0 fully saturated rings. The van der Waals surface area contributed by atoms with Crippen LogP contribution in [0.1, 0.15) is 34.6 Å². The molecule has 0 bridgehead atoms. The molecule has 1 aliphatic rings. The van der Waals surface area contributed by atoms with E-state index in [1.807, 2.05) is 0 Å². The third kappa shape index (κ3) is 2.71. The Balaban J connectivity index is 2.18. The number of hydrogen-bond acceptors (Lipinski definition) is 5. The maximum atomic E-state index is 12.1. The van der Waals surface area contributed by atoms with Gasteiger partial charge in [-0.3, -0.25) is 9.59 Å². The van der Waals surface area contributed by atoms with Crippen LogP contribution < -0.4 is 0 Å². The molecule has 0 spiro atoms. The van der Waals surface area contributed by atoms with E-state index in [0.29, 0.717) is 5.06 Å². The highest BCUT2D eigenvalue weighted by atomic mass is 16.7. The van der Waals surface area contributed by atoms with Gasteiger partial charge in [0.15, 0.2) is 5.60 Å². The molecule has 21 heavy (non-hydrogen) atoms. The molecule has 0 radical (unpaired) electrons. The van der Waals surface area contributed by atoms with E-state index in [1.54, 1.807) is 12.1 Å². The van der Waals surface area contributed by atoms with Gasteiger partial charge >= 0.3 is 5.97 Å². The molecule has 0 aliphatic carbocycles. The summed E-state index contributed by atoms with van der Waals surface area (Å²) in [6, 6.07) is 6.36. The van der Waals surface area contributed by atoms with Gasteiger partial charge in [0.2, 0.25) is 0 Å². The van der Waals surface area contributed by atoms with Crippen molar-refractivity contribution in [3.8, 4) is 0 Å². The molecule has 0 N–H and O–H groups in total. The highest BCUT2D eigenvalue weighted by Crippen LogP contribution is 2.26. The summed E-state index contributed by atoms with van der Waals surface area (Å²) >= 11 is 0. The summed E-state index contributed by atoms with van der Waals surface area (Å²) in [4.78, 5) is 41.4. The Hall–Kier alpha value is -2.47. The van der Waals surface area contributed by atoms with Crippen molar-refractivity contribution in [1.29, 1.82) is 0 Å². The molecule has 1 heterocycles. The molecule has 0 saturated carbocycles. The summed E-state index contributed by atoms with van der Waals surface area (Å²) in [5.41, 5.74) is -0.980. The second kappa shape index (κ2) is 5.49. The zero-order valence-corrected chi connectivity index (χ0v) is 11.8. The summed E-state index contributed by atoms with van der Waals surface area (Å²) in [7, 11) is 0. The van der Waals surface area contributed by atoms with E-state index in [1.165, 1.54) is 32.1 Å². The first kappa shape index (κ1) is 14.9. The highest BCUT2D eigenvalue weighted by Gasteiger charge is 2.43. The van der Waals surface area contributed by atoms with Crippen molar-refractivity contribution in [1.82, 2.24) is 5.06 Å². The van der Waals surface area contributed by atoms with Crippen molar-refractivity contribution in [3.05, 3.63) is 48.0 Å². The largest absolute Gasteiger partial charge is 0.459 e. The van der Waals surface area contributed by atoms with Crippen molar-refractivity contribution < 1.29 is 24.0 Å². The van der Waals surface area contributed by atoms with E-state index in [2.05, 4.69) is 6.58 Å². The number of benzene rings is 1. The van der Waals surface area contributed by atoms with Crippen molar-refractivity contribution >= 4 is 17.8 Å². The molecule has 6 heteroatoms. The molecule has 1 aromatic carbocycles. The Morgan fingerprint density at radius 1 is 1.24 bits per heavy atom. The lowest BCUT2D eigenvalue weighted by Crippen LogP contribution is -2.45. The molecule has 0 saturated heterocycles. The van der Waals surface area contributed by atoms with Gasteiger partial charge in [-0.1, -0.05) is 24.8 Å². The summed E-state index contributed by atoms with van der Waals surface area (Å²) < 4.78 is 4.88. The first-order valence-electron chi connectivity index (χ1n) is 6.33. The van der Waals surface area contributed by atoms with Gasteiger partial charge in [0.25, 0.3) is 11.8 Å². The van der Waals surface area contributed by atoms with Crippen LogP contribution in [-0.2, 0) is 14.4 Å². The Morgan fingerprint density at radius 2 is 1.76 bits per heavy atom. The fourth-order valence-electron chi connectivity index (χ4n) is 1.82. The molecular formula is C15H15NO5. The average Bonchev–Trinajstić information content (AvgIpc) is 2.70. The highest BCUT2D eigenvalue weighted by molar-refractivity contribution is 6.20. The molecular weight excluding hydrogens is 274 g/mol. The van der Waals surface area contributed by atoms with Crippen molar-refractivity contribution in [2.45, 2.75) is 19.4 Å². The standard InChI is InChI=1S/C15H15NO5/c1-4-9-20-14(19)15(2,3)21-16-12(17)10-7-5-6-8-11(10)13(16)18/h4-8H,1,9H2,2-3H3. The molecule has 1 aromatic rings. The number of nitrogens with zero attached hydrogens (tertiary/aromatic N) is 1. The van der Waals surface area contributed by atoms with E-state index in [-0.39, 0.29) is 17.7 Å². The van der Waals surface area contributed by atoms with Crippen LogP contribution >= 0.6 is 0 Å². The molecule has 0 unspecified atom stereocenters. The fourth-order valence-corrected chi connectivity index (χ4v) is 1.82. The second-order valence-corrected chi connectivity index (χ2v) is 4.94. The number of carbonyl (C=O) groups excluding carboxylic acids is 3. The fraction of sp³-hybridized carbons (Fsp3) is 0.267. The number of rotatable bonds is 5. The number of ether oxygens (including phenoxy) is 1. The van der Waals surface area contributed by atoms with Crippen molar-refractivity contribution in [3.63, 3.8) is 0 Å². The number of esters is 1. The van der Waals surface area contributed by atoms with Gasteiger partial charge < -0.3 is 4.74 Å². The normalized spacial score (nSPS) is 14.1. The summed E-state index contributed by atoms with van der Waals surface area (Å²) in [6.07, 6.45) is 1.41. The van der Waals surface area contributed by atoms with E-state index in [4.69, 9.17) is 9.57 Å². The number of imide groups is 1. The maximum Gasteiger partial charge on any atom is 0.340 e. The van der Waals surface area contributed by atoms with Crippen LogP contribution in [0.3, 0.4) is 0 Å². The van der Waals surface area contributed by atoms with Gasteiger partial charge in [0.1, 0.15) is 6.61 Å². The molecule has 0 atom stereocenters. The molecule has 0 aromatic heterocycles. The minimum absolute atomic E-state index is 0.0216. The van der Waals surface area contributed by atoms with Gasteiger partial charge in [0, 0.05) is 0 Å². The SMILES string of the molecule is C=CCOC(=O)C(C)(C)ON1C(=O)c2ccccc2C1=O. The topological polar surface area (TPSA) is 72.9 Å². The molecule has 6 nitrogen and oxygen atoms in total. The van der Waals surface area contributed by atoms with E-state index in [9.17, 15) is 14.4 Å². The number of hydrogen-bond donors (Lipinski definition) is 0. The van der Waals surface area contributed by atoms with Crippen LogP contribution in [0, 0.1) is 0 Å². The minimum atomic E-state index is -1.48. The van der Waals surface area contributed by atoms with Crippen LogP contribution in [0.15, 0.2) is 36.9 Å². The molecule has 110 valence electrons.